The molecule has 0 saturated heterocycles. The van der Waals surface area contributed by atoms with Crippen LogP contribution in [0, 0.1) is 0 Å². The van der Waals surface area contributed by atoms with Gasteiger partial charge in [-0.05, 0) is 12.1 Å². The second kappa shape index (κ2) is 5.52. The molecule has 0 amide bonds. The molecular formula is C14H15N7O2. The van der Waals surface area contributed by atoms with E-state index in [9.17, 15) is 9.59 Å². The van der Waals surface area contributed by atoms with Crippen molar-refractivity contribution in [1.82, 2.24) is 23.7 Å². The maximum Gasteiger partial charge on any atom is 0.332 e. The number of imidazole rings is 1. The number of hydrogen-bond donors (Lipinski definition) is 1. The third-order valence-electron chi connectivity index (χ3n) is 3.52. The van der Waals surface area contributed by atoms with Gasteiger partial charge in [-0.3, -0.25) is 18.9 Å². The lowest BCUT2D eigenvalue weighted by Crippen LogP contribution is -2.37. The molecule has 23 heavy (non-hydrogen) atoms. The number of nitrogens with one attached hydrogen (secondary N) is 1. The highest BCUT2D eigenvalue weighted by Crippen LogP contribution is 2.12. The van der Waals surface area contributed by atoms with Gasteiger partial charge in [-0.25, -0.2) is 10.2 Å². The quantitative estimate of drug-likeness (QED) is 0.534. The van der Waals surface area contributed by atoms with Crippen molar-refractivity contribution in [3.63, 3.8) is 0 Å². The number of hydrogen-bond acceptors (Lipinski definition) is 6. The Morgan fingerprint density at radius 2 is 1.91 bits per heavy atom. The molecular weight excluding hydrogens is 298 g/mol. The predicted octanol–water partition coefficient (Wildman–Crippen LogP) is -0.188. The van der Waals surface area contributed by atoms with Crippen molar-refractivity contribution < 1.29 is 0 Å². The molecule has 0 bridgehead atoms. The second-order valence-electron chi connectivity index (χ2n) is 5.00. The van der Waals surface area contributed by atoms with Crippen molar-refractivity contribution in [3.8, 4) is 0 Å². The molecule has 0 spiro atoms. The molecule has 0 aliphatic carbocycles. The van der Waals surface area contributed by atoms with Crippen LogP contribution in [-0.4, -0.2) is 29.9 Å². The Balaban J connectivity index is 2.03. The topological polar surface area (TPSA) is 99.1 Å². The number of rotatable bonds is 3. The molecule has 9 nitrogen and oxygen atoms in total. The standard InChI is InChI=1S/C14H15N7O2/c1-19-10-11(20(2)14(23)21(3)12(10)22)17-13(19)18-16-8-9-6-4-5-7-15-9/h4-8H,1-3H3,(H,17,18)/b16-8-. The first kappa shape index (κ1) is 14.7. The zero-order valence-corrected chi connectivity index (χ0v) is 12.9. The summed E-state index contributed by atoms with van der Waals surface area (Å²) >= 11 is 0. The minimum Gasteiger partial charge on any atom is -0.306 e. The lowest BCUT2D eigenvalue weighted by atomic mass is 10.4. The Morgan fingerprint density at radius 1 is 1.13 bits per heavy atom. The van der Waals surface area contributed by atoms with E-state index < -0.39 is 11.2 Å². The Kier molecular flexibility index (Phi) is 3.53. The van der Waals surface area contributed by atoms with Gasteiger partial charge in [-0.2, -0.15) is 10.1 Å². The van der Waals surface area contributed by atoms with Crippen LogP contribution in [0.2, 0.25) is 0 Å². The molecule has 0 radical (unpaired) electrons. The number of pyridine rings is 1. The molecule has 0 aliphatic heterocycles. The van der Waals surface area contributed by atoms with Crippen LogP contribution in [0.15, 0.2) is 39.1 Å². The van der Waals surface area contributed by atoms with E-state index in [1.54, 1.807) is 30.9 Å². The van der Waals surface area contributed by atoms with Gasteiger partial charge in [0.2, 0.25) is 5.95 Å². The van der Waals surface area contributed by atoms with E-state index in [1.807, 2.05) is 12.1 Å². The van der Waals surface area contributed by atoms with Crippen molar-refractivity contribution in [2.75, 3.05) is 5.43 Å². The van der Waals surface area contributed by atoms with Crippen LogP contribution >= 0.6 is 0 Å². The largest absolute Gasteiger partial charge is 0.332 e. The van der Waals surface area contributed by atoms with E-state index in [0.29, 0.717) is 22.8 Å². The zero-order valence-electron chi connectivity index (χ0n) is 12.9. The fourth-order valence-electron chi connectivity index (χ4n) is 2.23. The van der Waals surface area contributed by atoms with Gasteiger partial charge >= 0.3 is 5.69 Å². The van der Waals surface area contributed by atoms with E-state index in [0.717, 1.165) is 4.57 Å². The molecule has 0 aromatic carbocycles. The summed E-state index contributed by atoms with van der Waals surface area (Å²) in [6.07, 6.45) is 3.20. The molecule has 1 N–H and O–H groups in total. The summed E-state index contributed by atoms with van der Waals surface area (Å²) in [5, 5.41) is 4.06. The molecule has 3 aromatic heterocycles. The highest BCUT2D eigenvalue weighted by atomic mass is 16.2. The average Bonchev–Trinajstić information content (AvgIpc) is 2.89. The van der Waals surface area contributed by atoms with Crippen molar-refractivity contribution in [2.45, 2.75) is 0 Å². The third-order valence-corrected chi connectivity index (χ3v) is 3.52. The Hall–Kier alpha value is -3.23. The Bertz CT molecular complexity index is 1010. The molecule has 0 unspecified atom stereocenters. The lowest BCUT2D eigenvalue weighted by molar-refractivity contribution is 0.705. The van der Waals surface area contributed by atoms with Crippen LogP contribution in [0.25, 0.3) is 11.2 Å². The Labute approximate surface area is 130 Å². The van der Waals surface area contributed by atoms with Gasteiger partial charge in [-0.15, -0.1) is 0 Å². The van der Waals surface area contributed by atoms with E-state index in [4.69, 9.17) is 0 Å². The molecule has 0 aliphatic rings. The monoisotopic (exact) mass is 313 g/mol. The van der Waals surface area contributed by atoms with Crippen LogP contribution in [0.1, 0.15) is 5.69 Å². The van der Waals surface area contributed by atoms with Crippen LogP contribution in [-0.2, 0) is 21.1 Å². The highest BCUT2D eigenvalue weighted by molar-refractivity contribution is 5.78. The fourth-order valence-corrected chi connectivity index (χ4v) is 2.23. The van der Waals surface area contributed by atoms with Crippen molar-refractivity contribution >= 4 is 23.3 Å². The number of anilines is 1. The summed E-state index contributed by atoms with van der Waals surface area (Å²) in [5.74, 6) is 0.352. The van der Waals surface area contributed by atoms with Gasteiger partial charge in [0.05, 0.1) is 11.9 Å². The molecule has 0 saturated carbocycles. The van der Waals surface area contributed by atoms with Crippen molar-refractivity contribution in [3.05, 3.63) is 50.9 Å². The van der Waals surface area contributed by atoms with E-state index >= 15 is 0 Å². The summed E-state index contributed by atoms with van der Waals surface area (Å²) < 4.78 is 3.93. The maximum atomic E-state index is 12.2. The van der Waals surface area contributed by atoms with Gasteiger partial charge in [0.1, 0.15) is 0 Å². The molecule has 118 valence electrons. The van der Waals surface area contributed by atoms with Gasteiger partial charge in [0.15, 0.2) is 11.2 Å². The lowest BCUT2D eigenvalue weighted by Gasteiger charge is -2.03. The first-order valence-electron chi connectivity index (χ1n) is 6.83. The van der Waals surface area contributed by atoms with E-state index in [1.165, 1.54) is 17.8 Å². The third kappa shape index (κ3) is 2.41. The normalized spacial score (nSPS) is 11.4. The SMILES string of the molecule is Cn1c(=O)c2c(nc(N/N=C\c3ccccn3)n2C)n(C)c1=O. The molecule has 0 fully saturated rings. The summed E-state index contributed by atoms with van der Waals surface area (Å²) in [4.78, 5) is 32.6. The van der Waals surface area contributed by atoms with Gasteiger partial charge in [0.25, 0.3) is 5.56 Å². The summed E-state index contributed by atoms with van der Waals surface area (Å²) in [6.45, 7) is 0. The smallest absolute Gasteiger partial charge is 0.306 e. The molecule has 3 aromatic rings. The number of aromatic nitrogens is 5. The average molecular weight is 313 g/mol. The highest BCUT2D eigenvalue weighted by Gasteiger charge is 2.16. The van der Waals surface area contributed by atoms with Gasteiger partial charge in [-0.1, -0.05) is 6.07 Å². The summed E-state index contributed by atoms with van der Waals surface area (Å²) in [6, 6.07) is 5.47. The number of hydrazone groups is 1. The summed E-state index contributed by atoms with van der Waals surface area (Å²) in [7, 11) is 4.68. The van der Waals surface area contributed by atoms with Gasteiger partial charge < -0.3 is 4.57 Å². The van der Waals surface area contributed by atoms with Crippen LogP contribution < -0.4 is 16.7 Å². The molecule has 3 rings (SSSR count). The molecule has 0 atom stereocenters. The minimum absolute atomic E-state index is 0.302. The van der Waals surface area contributed by atoms with Crippen molar-refractivity contribution in [1.29, 1.82) is 0 Å². The van der Waals surface area contributed by atoms with E-state index in [2.05, 4.69) is 20.5 Å². The van der Waals surface area contributed by atoms with Crippen LogP contribution in [0.3, 0.4) is 0 Å². The van der Waals surface area contributed by atoms with E-state index in [-0.39, 0.29) is 0 Å². The summed E-state index contributed by atoms with van der Waals surface area (Å²) in [5.41, 5.74) is 3.24. The number of aryl methyl sites for hydroxylation is 2. The van der Waals surface area contributed by atoms with Gasteiger partial charge in [0, 0.05) is 27.3 Å². The first-order valence-corrected chi connectivity index (χ1v) is 6.83. The molecule has 3 heterocycles. The number of nitrogens with zero attached hydrogens (tertiary/aromatic N) is 6. The Morgan fingerprint density at radius 3 is 2.61 bits per heavy atom. The maximum absolute atomic E-state index is 12.2. The minimum atomic E-state index is -0.427. The second-order valence-corrected chi connectivity index (χ2v) is 5.00. The van der Waals surface area contributed by atoms with Crippen LogP contribution in [0.5, 0.6) is 0 Å². The zero-order chi connectivity index (χ0) is 16.6. The molecule has 9 heteroatoms. The fraction of sp³-hybridized carbons (Fsp3) is 0.214. The van der Waals surface area contributed by atoms with Crippen LogP contribution in [0.4, 0.5) is 5.95 Å². The number of fused-ring (bicyclic) bond motifs is 1. The predicted molar refractivity (Wildman–Crippen MR) is 86.6 cm³/mol. The van der Waals surface area contributed by atoms with Crippen molar-refractivity contribution in [2.24, 2.45) is 26.2 Å². The first-order chi connectivity index (χ1) is 11.0.